The molecule has 1 aromatic carbocycles. The number of rotatable bonds is 4. The Hall–Kier alpha value is -1.36. The van der Waals surface area contributed by atoms with Crippen molar-refractivity contribution in [1.82, 2.24) is 15.0 Å². The molecule has 18 heavy (non-hydrogen) atoms. The zero-order valence-corrected chi connectivity index (χ0v) is 12.4. The lowest BCUT2D eigenvalue weighted by atomic mass is 10.1. The van der Waals surface area contributed by atoms with Gasteiger partial charge in [0.15, 0.2) is 0 Å². The third kappa shape index (κ3) is 2.90. The molecule has 0 saturated carbocycles. The highest BCUT2D eigenvalue weighted by Crippen LogP contribution is 2.26. The topological polar surface area (TPSA) is 39.9 Å². The Morgan fingerprint density at radius 2 is 1.94 bits per heavy atom. The number of hydrogen-bond donors (Lipinski definition) is 0. The quantitative estimate of drug-likeness (QED) is 0.815. The van der Waals surface area contributed by atoms with Gasteiger partial charge < -0.3 is 4.74 Å². The summed E-state index contributed by atoms with van der Waals surface area (Å²) in [6.07, 6.45) is 1.86. The first-order valence-electron chi connectivity index (χ1n) is 5.74. The number of halogens is 1. The Bertz CT molecular complexity index is 528. The Morgan fingerprint density at radius 3 is 2.44 bits per heavy atom. The smallest absolute Gasteiger partial charge is 0.134 e. The Balaban J connectivity index is 2.14. The minimum absolute atomic E-state index is 0.448. The summed E-state index contributed by atoms with van der Waals surface area (Å²) >= 11 is 3.47. The molecule has 0 radical (unpaired) electrons. The minimum Gasteiger partial charge on any atom is -0.487 e. The number of alkyl halides is 1. The van der Waals surface area contributed by atoms with E-state index in [1.807, 2.05) is 13.2 Å². The van der Waals surface area contributed by atoms with Crippen LogP contribution in [0.4, 0.5) is 0 Å². The minimum atomic E-state index is 0.448. The fourth-order valence-electron chi connectivity index (χ4n) is 1.95. The van der Waals surface area contributed by atoms with Crippen molar-refractivity contribution in [1.29, 1.82) is 0 Å². The fourth-order valence-corrected chi connectivity index (χ4v) is 2.28. The molecule has 0 aliphatic rings. The molecule has 1 aromatic heterocycles. The molecule has 2 rings (SSSR count). The molecule has 96 valence electrons. The molecule has 0 fully saturated rings. The molecule has 1 heterocycles. The zero-order valence-electron chi connectivity index (χ0n) is 10.8. The highest BCUT2D eigenvalue weighted by atomic mass is 79.9. The predicted molar refractivity (Wildman–Crippen MR) is 73.9 cm³/mol. The van der Waals surface area contributed by atoms with Gasteiger partial charge in [-0.05, 0) is 30.5 Å². The van der Waals surface area contributed by atoms with Gasteiger partial charge in [-0.2, -0.15) is 0 Å². The van der Waals surface area contributed by atoms with Crippen molar-refractivity contribution in [2.45, 2.75) is 25.8 Å². The lowest BCUT2D eigenvalue weighted by Crippen LogP contribution is -2.00. The first-order chi connectivity index (χ1) is 8.60. The van der Waals surface area contributed by atoms with Crippen LogP contribution in [0.15, 0.2) is 18.3 Å². The van der Waals surface area contributed by atoms with Crippen molar-refractivity contribution >= 4 is 15.9 Å². The second kappa shape index (κ2) is 5.52. The number of benzene rings is 1. The van der Waals surface area contributed by atoms with Crippen LogP contribution in [0.25, 0.3) is 0 Å². The molecule has 0 saturated heterocycles. The average molecular weight is 310 g/mol. The summed E-state index contributed by atoms with van der Waals surface area (Å²) in [6, 6.07) is 4.27. The van der Waals surface area contributed by atoms with Crippen LogP contribution >= 0.6 is 15.9 Å². The molecule has 0 unspecified atom stereocenters. The van der Waals surface area contributed by atoms with E-state index < -0.39 is 0 Å². The summed E-state index contributed by atoms with van der Waals surface area (Å²) in [6.45, 7) is 4.57. The lowest BCUT2D eigenvalue weighted by Gasteiger charge is -2.12. The van der Waals surface area contributed by atoms with E-state index in [2.05, 4.69) is 52.2 Å². The van der Waals surface area contributed by atoms with Gasteiger partial charge in [0.1, 0.15) is 18.1 Å². The van der Waals surface area contributed by atoms with E-state index >= 15 is 0 Å². The fraction of sp³-hybridized carbons (Fsp3) is 0.385. The van der Waals surface area contributed by atoms with Crippen LogP contribution in [0, 0.1) is 13.8 Å². The molecule has 0 N–H and O–H groups in total. The molecule has 0 bridgehead atoms. The first kappa shape index (κ1) is 13.1. The maximum absolute atomic E-state index is 5.84. The standard InChI is InChI=1S/C13H16BrN3O/c1-9-4-11(6-14)5-10(2)13(9)18-8-12-7-17(3)16-15-12/h4-5,7H,6,8H2,1-3H3. The third-order valence-corrected chi connectivity index (χ3v) is 3.34. The zero-order chi connectivity index (χ0) is 13.1. The van der Waals surface area contributed by atoms with Crippen LogP contribution in [0.5, 0.6) is 5.75 Å². The van der Waals surface area contributed by atoms with Crippen LogP contribution in [-0.4, -0.2) is 15.0 Å². The molecule has 0 aliphatic carbocycles. The number of nitrogens with zero attached hydrogens (tertiary/aromatic N) is 3. The highest BCUT2D eigenvalue weighted by Gasteiger charge is 2.07. The maximum Gasteiger partial charge on any atom is 0.134 e. The van der Waals surface area contributed by atoms with Gasteiger partial charge in [0.05, 0.1) is 6.20 Å². The summed E-state index contributed by atoms with van der Waals surface area (Å²) in [5, 5.41) is 8.75. The van der Waals surface area contributed by atoms with Gasteiger partial charge in [0.25, 0.3) is 0 Å². The van der Waals surface area contributed by atoms with Crippen LogP contribution in [0.2, 0.25) is 0 Å². The molecular formula is C13H16BrN3O. The third-order valence-electron chi connectivity index (χ3n) is 2.69. The van der Waals surface area contributed by atoms with Crippen molar-refractivity contribution in [3.8, 4) is 5.75 Å². The van der Waals surface area contributed by atoms with E-state index in [0.717, 1.165) is 27.9 Å². The largest absolute Gasteiger partial charge is 0.487 e. The lowest BCUT2D eigenvalue weighted by molar-refractivity contribution is 0.297. The first-order valence-corrected chi connectivity index (χ1v) is 6.86. The molecule has 4 nitrogen and oxygen atoms in total. The molecule has 0 spiro atoms. The van der Waals surface area contributed by atoms with Crippen molar-refractivity contribution in [2.24, 2.45) is 7.05 Å². The second-order valence-electron chi connectivity index (χ2n) is 4.36. The van der Waals surface area contributed by atoms with Gasteiger partial charge in [0.2, 0.25) is 0 Å². The van der Waals surface area contributed by atoms with Crippen molar-refractivity contribution in [3.05, 3.63) is 40.7 Å². The number of ether oxygens (including phenoxy) is 1. The van der Waals surface area contributed by atoms with E-state index in [9.17, 15) is 0 Å². The Labute approximate surface area is 115 Å². The molecular weight excluding hydrogens is 294 g/mol. The predicted octanol–water partition coefficient (Wildman–Crippen LogP) is 2.91. The van der Waals surface area contributed by atoms with Crippen molar-refractivity contribution in [3.63, 3.8) is 0 Å². The van der Waals surface area contributed by atoms with Crippen LogP contribution in [-0.2, 0) is 19.0 Å². The summed E-state index contributed by atoms with van der Waals surface area (Å²) in [7, 11) is 1.85. The summed E-state index contributed by atoms with van der Waals surface area (Å²) in [5.41, 5.74) is 4.39. The van der Waals surface area contributed by atoms with E-state index in [0.29, 0.717) is 6.61 Å². The van der Waals surface area contributed by atoms with Crippen LogP contribution < -0.4 is 4.74 Å². The van der Waals surface area contributed by atoms with Gasteiger partial charge in [-0.15, -0.1) is 5.10 Å². The van der Waals surface area contributed by atoms with Crippen LogP contribution in [0.3, 0.4) is 0 Å². The van der Waals surface area contributed by atoms with E-state index in [1.54, 1.807) is 4.68 Å². The summed E-state index contributed by atoms with van der Waals surface area (Å²) in [4.78, 5) is 0. The summed E-state index contributed by atoms with van der Waals surface area (Å²) < 4.78 is 7.51. The van der Waals surface area contributed by atoms with E-state index in [4.69, 9.17) is 4.74 Å². The monoisotopic (exact) mass is 309 g/mol. The second-order valence-corrected chi connectivity index (χ2v) is 4.93. The normalized spacial score (nSPS) is 10.7. The van der Waals surface area contributed by atoms with Gasteiger partial charge in [-0.1, -0.05) is 33.3 Å². The van der Waals surface area contributed by atoms with Gasteiger partial charge >= 0.3 is 0 Å². The van der Waals surface area contributed by atoms with Gasteiger partial charge in [0, 0.05) is 12.4 Å². The van der Waals surface area contributed by atoms with Gasteiger partial charge in [-0.3, -0.25) is 4.68 Å². The maximum atomic E-state index is 5.84. The molecule has 5 heteroatoms. The molecule has 0 aliphatic heterocycles. The number of aryl methyl sites for hydroxylation is 3. The van der Waals surface area contributed by atoms with Crippen molar-refractivity contribution < 1.29 is 4.74 Å². The number of aromatic nitrogens is 3. The van der Waals surface area contributed by atoms with E-state index in [1.165, 1.54) is 5.56 Å². The molecule has 2 aromatic rings. The molecule has 0 atom stereocenters. The van der Waals surface area contributed by atoms with Gasteiger partial charge in [-0.25, -0.2) is 0 Å². The highest BCUT2D eigenvalue weighted by molar-refractivity contribution is 9.08. The Kier molecular flexibility index (Phi) is 4.01. The summed E-state index contributed by atoms with van der Waals surface area (Å²) in [5.74, 6) is 0.936. The number of hydrogen-bond acceptors (Lipinski definition) is 3. The van der Waals surface area contributed by atoms with E-state index in [-0.39, 0.29) is 0 Å². The SMILES string of the molecule is Cc1cc(CBr)cc(C)c1OCc1cn(C)nn1. The van der Waals surface area contributed by atoms with Crippen molar-refractivity contribution in [2.75, 3.05) is 0 Å². The Morgan fingerprint density at radius 1 is 1.28 bits per heavy atom. The molecule has 0 amide bonds. The average Bonchev–Trinajstić information content (AvgIpc) is 2.73. The van der Waals surface area contributed by atoms with Crippen LogP contribution in [0.1, 0.15) is 22.4 Å².